The van der Waals surface area contributed by atoms with Gasteiger partial charge in [-0.2, -0.15) is 33.4 Å². The molecule has 0 saturated heterocycles. The third kappa shape index (κ3) is 4.04. The van der Waals surface area contributed by atoms with Crippen LogP contribution in [-0.4, -0.2) is 0 Å². The molecule has 2 aromatic carbocycles. The van der Waals surface area contributed by atoms with Crippen molar-refractivity contribution in [1.29, 1.82) is 0 Å². The molecule has 0 aromatic heterocycles. The van der Waals surface area contributed by atoms with Crippen molar-refractivity contribution in [2.45, 2.75) is 67.2 Å². The third-order valence-electron chi connectivity index (χ3n) is 5.58. The summed E-state index contributed by atoms with van der Waals surface area (Å²) in [5.41, 5.74) is 11.6. The molecule has 0 radical (unpaired) electrons. The zero-order valence-corrected chi connectivity index (χ0v) is 19.9. The van der Waals surface area contributed by atoms with Gasteiger partial charge in [0.15, 0.2) is 0 Å². The minimum atomic E-state index is 0. The quantitative estimate of drug-likeness (QED) is 0.327. The minimum Gasteiger partial charge on any atom is -0.265 e. The fraction of sp³-hybridized carbons (Fsp3) is 0.435. The van der Waals surface area contributed by atoms with Gasteiger partial charge in [0.2, 0.25) is 0 Å². The zero-order valence-electron chi connectivity index (χ0n) is 16.3. The molecule has 1 aliphatic carbocycles. The maximum absolute atomic E-state index is 3.57. The molecular weight excluding hydrogens is 455 g/mol. The molecule has 0 amide bonds. The van der Waals surface area contributed by atoms with Crippen LogP contribution >= 0.6 is 0 Å². The fourth-order valence-electron chi connectivity index (χ4n) is 3.46. The second-order valence-corrected chi connectivity index (χ2v) is 6.65. The predicted molar refractivity (Wildman–Crippen MR) is 102 cm³/mol. The van der Waals surface area contributed by atoms with Crippen LogP contribution in [0.3, 0.4) is 0 Å². The van der Waals surface area contributed by atoms with E-state index in [2.05, 4.69) is 78.8 Å². The van der Waals surface area contributed by atoms with Crippen molar-refractivity contribution >= 4 is 5.57 Å². The van der Waals surface area contributed by atoms with E-state index in [0.717, 1.165) is 6.42 Å². The van der Waals surface area contributed by atoms with Crippen LogP contribution in [-0.2, 0) is 25.8 Å². The topological polar surface area (TPSA) is 0 Å². The Hall–Kier alpha value is -0.820. The van der Waals surface area contributed by atoms with Gasteiger partial charge in [0.25, 0.3) is 0 Å². The van der Waals surface area contributed by atoms with Crippen molar-refractivity contribution in [2.75, 3.05) is 0 Å². The number of hydrogen-bond donors (Lipinski definition) is 0. The first kappa shape index (κ1) is 21.2. The van der Waals surface area contributed by atoms with E-state index in [1.165, 1.54) is 50.9 Å². The average Bonchev–Trinajstić information content (AvgIpc) is 3.03. The summed E-state index contributed by atoms with van der Waals surface area (Å²) in [7, 11) is 0. The Morgan fingerprint density at radius 2 is 1.50 bits per heavy atom. The third-order valence-corrected chi connectivity index (χ3v) is 5.58. The van der Waals surface area contributed by atoms with Crippen molar-refractivity contribution in [1.82, 2.24) is 0 Å². The van der Waals surface area contributed by atoms with Crippen molar-refractivity contribution in [3.8, 4) is 0 Å². The SMILES string of the molecule is CCC1=[C-]C(CC)c2ccccc21.Cc1c(C)c(C)[c-](C)c1C.[Hf]. The molecule has 0 nitrogen and oxygen atoms in total. The average molecular weight is 485 g/mol. The molecule has 0 N–H and O–H groups in total. The van der Waals surface area contributed by atoms with Crippen LogP contribution in [0.25, 0.3) is 5.57 Å². The van der Waals surface area contributed by atoms with Gasteiger partial charge in [-0.3, -0.25) is 6.08 Å². The normalized spacial score (nSPS) is 15.1. The Balaban J connectivity index is 0.000000238. The summed E-state index contributed by atoms with van der Waals surface area (Å²) in [6, 6.07) is 8.70. The van der Waals surface area contributed by atoms with Gasteiger partial charge in [-0.25, -0.2) is 5.57 Å². The van der Waals surface area contributed by atoms with Gasteiger partial charge in [0.05, 0.1) is 0 Å². The van der Waals surface area contributed by atoms with Gasteiger partial charge >= 0.3 is 0 Å². The van der Waals surface area contributed by atoms with E-state index in [9.17, 15) is 0 Å². The van der Waals surface area contributed by atoms with Gasteiger partial charge in [0, 0.05) is 25.8 Å². The summed E-state index contributed by atoms with van der Waals surface area (Å²) in [4.78, 5) is 0. The fourth-order valence-corrected chi connectivity index (χ4v) is 3.46. The number of hydrogen-bond acceptors (Lipinski definition) is 0. The van der Waals surface area contributed by atoms with E-state index >= 15 is 0 Å². The number of fused-ring (bicyclic) bond motifs is 1. The van der Waals surface area contributed by atoms with E-state index in [1.807, 2.05) is 0 Å². The van der Waals surface area contributed by atoms with Gasteiger partial charge in [0.1, 0.15) is 0 Å². The molecule has 1 aliphatic rings. The van der Waals surface area contributed by atoms with E-state index in [1.54, 1.807) is 0 Å². The van der Waals surface area contributed by atoms with E-state index in [0.29, 0.717) is 5.92 Å². The number of benzene rings is 1. The van der Waals surface area contributed by atoms with Gasteiger partial charge in [-0.15, -0.1) is 11.6 Å². The molecule has 0 fully saturated rings. The molecule has 2 aromatic rings. The van der Waals surface area contributed by atoms with Gasteiger partial charge < -0.3 is 0 Å². The van der Waals surface area contributed by atoms with Crippen molar-refractivity contribution in [3.63, 3.8) is 0 Å². The molecule has 1 atom stereocenters. The molecule has 1 heteroatoms. The summed E-state index contributed by atoms with van der Waals surface area (Å²) < 4.78 is 0. The molecule has 24 heavy (non-hydrogen) atoms. The Morgan fingerprint density at radius 3 is 1.92 bits per heavy atom. The summed E-state index contributed by atoms with van der Waals surface area (Å²) in [6.45, 7) is 15.4. The van der Waals surface area contributed by atoms with Crippen molar-refractivity contribution in [3.05, 3.63) is 69.3 Å². The maximum Gasteiger partial charge on any atom is 0 e. The smallest absolute Gasteiger partial charge is 0 e. The first-order valence-electron chi connectivity index (χ1n) is 8.83. The summed E-state index contributed by atoms with van der Waals surface area (Å²) in [5.74, 6) is 0.547. The molecule has 0 saturated carbocycles. The molecule has 3 rings (SSSR count). The Bertz CT molecular complexity index is 636. The van der Waals surface area contributed by atoms with Crippen LogP contribution in [0.15, 0.2) is 24.3 Å². The van der Waals surface area contributed by atoms with Crippen molar-refractivity contribution < 1.29 is 25.8 Å². The number of rotatable bonds is 2. The zero-order chi connectivity index (χ0) is 17.1. The van der Waals surface area contributed by atoms with E-state index in [-0.39, 0.29) is 25.8 Å². The molecular formula is C23H30Hf-2. The van der Waals surface area contributed by atoms with Crippen molar-refractivity contribution in [2.24, 2.45) is 0 Å². The molecule has 0 bridgehead atoms. The molecule has 0 heterocycles. The molecule has 0 aliphatic heterocycles. The van der Waals surface area contributed by atoms with Crippen LogP contribution < -0.4 is 0 Å². The molecule has 0 spiro atoms. The first-order chi connectivity index (χ1) is 10.9. The predicted octanol–water partition coefficient (Wildman–Crippen LogP) is 6.74. The maximum atomic E-state index is 3.57. The Morgan fingerprint density at radius 1 is 0.958 bits per heavy atom. The Kier molecular flexibility index (Phi) is 7.99. The summed E-state index contributed by atoms with van der Waals surface area (Å²) in [6.07, 6.45) is 5.84. The van der Waals surface area contributed by atoms with E-state index < -0.39 is 0 Å². The Labute approximate surface area is 167 Å². The molecule has 1 unspecified atom stereocenters. The van der Waals surface area contributed by atoms with Crippen LogP contribution in [0, 0.1) is 40.7 Å². The van der Waals surface area contributed by atoms with E-state index in [4.69, 9.17) is 0 Å². The van der Waals surface area contributed by atoms with Crippen LogP contribution in [0.2, 0.25) is 0 Å². The van der Waals surface area contributed by atoms with Gasteiger partial charge in [-0.05, 0) is 0 Å². The summed E-state index contributed by atoms with van der Waals surface area (Å²) in [5, 5.41) is 0. The minimum absolute atomic E-state index is 0. The van der Waals surface area contributed by atoms with Crippen LogP contribution in [0.1, 0.15) is 71.6 Å². The second-order valence-electron chi connectivity index (χ2n) is 6.65. The van der Waals surface area contributed by atoms with Crippen LogP contribution in [0.5, 0.6) is 0 Å². The summed E-state index contributed by atoms with van der Waals surface area (Å²) >= 11 is 0. The number of allylic oxidation sites excluding steroid dienone is 2. The largest absolute Gasteiger partial charge is 0.265 e. The molecule has 128 valence electrons. The van der Waals surface area contributed by atoms with Gasteiger partial charge in [-0.1, -0.05) is 85.4 Å². The standard InChI is InChI=1S/C13H15.C10H15.Hf/c1-3-10-9-11(4-2)13-8-6-5-7-12(10)13;1-6-7(2)9(4)10(5)8(6)3;/h5-8,10H,3-4H2,1-2H3;1-5H3;/q2*-1;. The first-order valence-corrected chi connectivity index (χ1v) is 8.83. The monoisotopic (exact) mass is 486 g/mol. The van der Waals surface area contributed by atoms with Crippen LogP contribution in [0.4, 0.5) is 0 Å². The second kappa shape index (κ2) is 9.04.